The second kappa shape index (κ2) is 20.2. The molecule has 3 spiro atoms. The number of carbonyl (C=O) groups is 1. The molecule has 79 heavy (non-hydrogen) atoms. The highest BCUT2D eigenvalue weighted by molar-refractivity contribution is 5.70. The quantitative estimate of drug-likeness (QED) is 0.232. The van der Waals surface area contributed by atoms with Crippen LogP contribution in [0.15, 0.2) is 24.3 Å². The van der Waals surface area contributed by atoms with Crippen molar-refractivity contribution in [3.8, 4) is 0 Å². The molecule has 15 saturated heterocycles. The third-order valence-corrected chi connectivity index (χ3v) is 22.5. The van der Waals surface area contributed by atoms with Gasteiger partial charge in [-0.25, -0.2) is 0 Å². The zero-order valence-electron chi connectivity index (χ0n) is 46.8. The molecule has 18 heteroatoms. The van der Waals surface area contributed by atoms with Gasteiger partial charge in [0.05, 0.1) is 129 Å². The molecule has 16 aliphatic rings. The van der Waals surface area contributed by atoms with Gasteiger partial charge in [0.1, 0.15) is 36.6 Å². The van der Waals surface area contributed by atoms with Gasteiger partial charge in [0, 0.05) is 57.3 Å². The summed E-state index contributed by atoms with van der Waals surface area (Å²) in [4.78, 5) is 14.6. The molecule has 440 valence electrons. The second-order valence-corrected chi connectivity index (χ2v) is 28.1. The lowest BCUT2D eigenvalue weighted by molar-refractivity contribution is -0.293. The predicted molar refractivity (Wildman–Crippen MR) is 277 cm³/mol. The molecular formula is C61H88O18. The Morgan fingerprint density at radius 1 is 0.532 bits per heavy atom. The number of ether oxygens (including phenoxy) is 14. The number of esters is 1. The molecule has 0 aromatic rings. The lowest BCUT2D eigenvalue weighted by Crippen LogP contribution is -2.62. The summed E-state index contributed by atoms with van der Waals surface area (Å²) in [6.45, 7) is 17.6. The highest BCUT2D eigenvalue weighted by Crippen LogP contribution is 2.60. The fourth-order valence-electron chi connectivity index (χ4n) is 19.0. The van der Waals surface area contributed by atoms with Crippen LogP contribution in [-0.2, 0) is 71.1 Å². The van der Waals surface area contributed by atoms with E-state index in [2.05, 4.69) is 40.9 Å². The van der Waals surface area contributed by atoms with Gasteiger partial charge in [0.2, 0.25) is 0 Å². The number of rotatable bonds is 4. The maximum Gasteiger partial charge on any atom is 0.308 e. The summed E-state index contributed by atoms with van der Waals surface area (Å²) in [5.74, 6) is -1.27. The molecule has 16 fully saturated rings. The van der Waals surface area contributed by atoms with Crippen molar-refractivity contribution < 1.29 is 86.4 Å². The monoisotopic (exact) mass is 1110 g/mol. The summed E-state index contributed by atoms with van der Waals surface area (Å²) < 4.78 is 97.1. The molecule has 15 heterocycles. The average molecular weight is 1110 g/mol. The minimum absolute atomic E-state index is 0.00901. The molecule has 1 aliphatic carbocycles. The van der Waals surface area contributed by atoms with Crippen LogP contribution < -0.4 is 0 Å². The molecule has 1 saturated carbocycles. The number of carbonyl (C=O) groups excluding carboxylic acids is 1. The lowest BCUT2D eigenvalue weighted by atomic mass is 9.66. The Morgan fingerprint density at radius 3 is 2.10 bits per heavy atom. The van der Waals surface area contributed by atoms with Gasteiger partial charge in [-0.3, -0.25) is 4.79 Å². The van der Waals surface area contributed by atoms with Crippen LogP contribution in [0.1, 0.15) is 150 Å². The molecule has 18 nitrogen and oxygen atoms in total. The Bertz CT molecular complexity index is 2340. The summed E-state index contributed by atoms with van der Waals surface area (Å²) in [7, 11) is 0. The van der Waals surface area contributed by atoms with Gasteiger partial charge in [-0.2, -0.15) is 0 Å². The number of aliphatic hydroxyl groups is 3. The van der Waals surface area contributed by atoms with Crippen molar-refractivity contribution in [2.45, 2.75) is 313 Å². The van der Waals surface area contributed by atoms with E-state index in [1.165, 1.54) is 0 Å². The van der Waals surface area contributed by atoms with E-state index in [0.29, 0.717) is 44.9 Å². The third-order valence-electron chi connectivity index (χ3n) is 22.5. The van der Waals surface area contributed by atoms with E-state index < -0.39 is 60.9 Å². The topological polar surface area (TPSA) is 207 Å². The van der Waals surface area contributed by atoms with Gasteiger partial charge in [0.15, 0.2) is 11.6 Å². The van der Waals surface area contributed by atoms with Gasteiger partial charge in [-0.1, -0.05) is 40.9 Å². The molecule has 15 aliphatic heterocycles. The van der Waals surface area contributed by atoms with E-state index in [0.717, 1.165) is 75.4 Å². The van der Waals surface area contributed by atoms with E-state index in [1.54, 1.807) is 0 Å². The Labute approximate surface area is 464 Å². The normalized spacial score (nSPS) is 57.2. The first-order valence-corrected chi connectivity index (χ1v) is 31.1. The van der Waals surface area contributed by atoms with Crippen molar-refractivity contribution in [1.82, 2.24) is 0 Å². The first-order valence-electron chi connectivity index (χ1n) is 31.1. The van der Waals surface area contributed by atoms with Gasteiger partial charge >= 0.3 is 5.97 Å². The van der Waals surface area contributed by atoms with Crippen LogP contribution >= 0.6 is 0 Å². The Kier molecular flexibility index (Phi) is 13.8. The first-order chi connectivity index (χ1) is 38.0. The summed E-state index contributed by atoms with van der Waals surface area (Å²) in [5, 5.41) is 30.4. The van der Waals surface area contributed by atoms with Crippen LogP contribution in [0.5, 0.6) is 0 Å². The van der Waals surface area contributed by atoms with Crippen LogP contribution in [0.25, 0.3) is 0 Å². The van der Waals surface area contributed by atoms with Crippen LogP contribution in [0.4, 0.5) is 0 Å². The summed E-state index contributed by atoms with van der Waals surface area (Å²) in [5.41, 5.74) is 1.82. The first kappa shape index (κ1) is 54.0. The van der Waals surface area contributed by atoms with Gasteiger partial charge in [-0.15, -0.1) is 0 Å². The molecule has 0 aromatic heterocycles. The lowest BCUT2D eigenvalue weighted by Gasteiger charge is -2.51. The summed E-state index contributed by atoms with van der Waals surface area (Å²) in [6.07, 6.45) is 5.15. The molecular weight excluding hydrogens is 1020 g/mol. The largest absolute Gasteiger partial charge is 0.459 e. The number of fused-ring (bicyclic) bond motifs is 10. The zero-order valence-corrected chi connectivity index (χ0v) is 46.8. The second-order valence-electron chi connectivity index (χ2n) is 28.1. The summed E-state index contributed by atoms with van der Waals surface area (Å²) in [6, 6.07) is 0. The van der Waals surface area contributed by atoms with E-state index >= 15 is 0 Å². The molecule has 32 atom stereocenters. The Morgan fingerprint density at radius 2 is 1.25 bits per heavy atom. The number of hydrogen-bond donors (Lipinski definition) is 3. The minimum atomic E-state index is -0.991. The molecule has 12 bridgehead atoms. The predicted octanol–water partition coefficient (Wildman–Crippen LogP) is 5.59. The molecule has 0 aromatic carbocycles. The van der Waals surface area contributed by atoms with Crippen molar-refractivity contribution in [3.05, 3.63) is 24.3 Å². The van der Waals surface area contributed by atoms with E-state index in [1.807, 2.05) is 0 Å². The minimum Gasteiger partial charge on any atom is -0.459 e. The van der Waals surface area contributed by atoms with Crippen molar-refractivity contribution in [3.63, 3.8) is 0 Å². The highest BCUT2D eigenvalue weighted by atomic mass is 16.8. The maximum atomic E-state index is 14.6. The standard InChI is InChI=1S/C61H88O18/c1-27-13-35-7-9-39-28(2)14-37(66-39)11-12-60-25-48-55(78-60)56-57(73-48)58(79-60)54-40(70-56)10-8-36(68-54)16-49(65)74-53-32(6)52-45(69-44(53)17-41(67-35)31(27)5)19-43-47(72-52)24-61(76-43)23-33-22-59(20-29(3)50(33)77-61)21-30(4)51-46(75-59)18-42(71-51)38(64)15-34(63)26-62/h27,29-30,32-48,50-58,62-64H,2,5,7-26H2,1,3-4,6H3/t27-,29+,30+,32+,33+,34+,35+,36-,37+,38-,39?,40+,41?,42+,43-,44+,45+,46+,47-,48+,50+,51+,52+,53-,54+,55+,56+,57-,58+,59-,60+,61-/m1/s1. The van der Waals surface area contributed by atoms with Crippen molar-refractivity contribution in [2.75, 3.05) is 6.61 Å². The van der Waals surface area contributed by atoms with Gasteiger partial charge < -0.3 is 81.6 Å². The van der Waals surface area contributed by atoms with Gasteiger partial charge in [0.25, 0.3) is 0 Å². The Hall–Kier alpha value is -1.69. The zero-order chi connectivity index (χ0) is 54.0. The fraction of sp³-hybridized carbons (Fsp3) is 0.918. The van der Waals surface area contributed by atoms with Gasteiger partial charge in [-0.05, 0) is 99.0 Å². The average Bonchev–Trinajstić information content (AvgIpc) is 4.46. The molecule has 3 N–H and O–H groups in total. The highest BCUT2D eigenvalue weighted by Gasteiger charge is 2.70. The van der Waals surface area contributed by atoms with E-state index in [-0.39, 0.29) is 158 Å². The number of aliphatic hydroxyl groups excluding tert-OH is 3. The van der Waals surface area contributed by atoms with Crippen LogP contribution in [-0.4, -0.2) is 192 Å². The van der Waals surface area contributed by atoms with E-state index in [9.17, 15) is 20.1 Å². The maximum absolute atomic E-state index is 14.6. The SMILES string of the molecule is C=C1C[C@@H]2CC[C@@]34C[C@@H]5O[C@@H]6[C@@H](O[C@H]7CC[C@H](CC(=O)O[C@@H]8[C@@H](C)[C@@H]9O[C@@H]%10C[C@]%11(C[C@@H]%12C[C@@]%13(C[C@H](C)[C@@H]%12O%11)C[C@H](C)[C@@H]%11O[C@H]([C@H](O)C[C@H](O)CO)C[C@@H]%11O%13)O[C@@H]%10C[C@@H]9O[C@H]8CC8O[C@@H](CCC1O2)C[C@@H](C)C8=C)O[C@@H]7[C@@H]6O3)[C@H]5O4. The van der Waals surface area contributed by atoms with Crippen molar-refractivity contribution >= 4 is 5.97 Å². The molecule has 0 amide bonds. The van der Waals surface area contributed by atoms with Crippen molar-refractivity contribution in [2.24, 2.45) is 29.6 Å². The van der Waals surface area contributed by atoms with Crippen molar-refractivity contribution in [1.29, 1.82) is 0 Å². The fourth-order valence-corrected chi connectivity index (χ4v) is 19.0. The molecule has 16 rings (SSSR count). The van der Waals surface area contributed by atoms with E-state index in [4.69, 9.17) is 66.3 Å². The van der Waals surface area contributed by atoms with Crippen LogP contribution in [0, 0.1) is 29.6 Å². The molecule has 0 radical (unpaired) electrons. The van der Waals surface area contributed by atoms with Crippen LogP contribution in [0.2, 0.25) is 0 Å². The number of hydrogen-bond acceptors (Lipinski definition) is 18. The smallest absolute Gasteiger partial charge is 0.308 e. The third kappa shape index (κ3) is 9.44. The summed E-state index contributed by atoms with van der Waals surface area (Å²) >= 11 is 0. The molecule has 2 unspecified atom stereocenters. The van der Waals surface area contributed by atoms with Crippen LogP contribution in [0.3, 0.4) is 0 Å². The Balaban J connectivity index is 0.655.